The summed E-state index contributed by atoms with van der Waals surface area (Å²) in [5.41, 5.74) is 3.41. The molecule has 110 valence electrons. The Bertz CT molecular complexity index is 818. The number of aromatic nitrogens is 2. The molecule has 0 aliphatic carbocycles. The number of para-hydroxylation sites is 1. The van der Waals surface area contributed by atoms with E-state index in [1.54, 1.807) is 6.08 Å². The van der Waals surface area contributed by atoms with Crippen molar-refractivity contribution in [3.63, 3.8) is 0 Å². The summed E-state index contributed by atoms with van der Waals surface area (Å²) < 4.78 is 0. The number of aliphatic hydroxyl groups excluding tert-OH is 1. The minimum Gasteiger partial charge on any atom is -0.507 e. The molecule has 1 heterocycles. The zero-order valence-electron chi connectivity index (χ0n) is 12.6. The first kappa shape index (κ1) is 14.1. The van der Waals surface area contributed by atoms with E-state index in [4.69, 9.17) is 0 Å². The summed E-state index contributed by atoms with van der Waals surface area (Å²) in [6, 6.07) is 15.5. The molecule has 0 saturated heterocycles. The zero-order chi connectivity index (χ0) is 15.5. The van der Waals surface area contributed by atoms with Crippen LogP contribution in [0.3, 0.4) is 0 Å². The Kier molecular flexibility index (Phi) is 3.74. The average Bonchev–Trinajstić information content (AvgIpc) is 2.55. The van der Waals surface area contributed by atoms with E-state index in [2.05, 4.69) is 9.97 Å². The van der Waals surface area contributed by atoms with Gasteiger partial charge in [-0.2, -0.15) is 0 Å². The predicted molar refractivity (Wildman–Crippen MR) is 90.8 cm³/mol. The van der Waals surface area contributed by atoms with E-state index in [0.717, 1.165) is 22.2 Å². The number of nitrogens with zero attached hydrogens (tertiary/aromatic N) is 3. The number of benzene rings is 2. The molecule has 0 aliphatic rings. The first-order valence-electron chi connectivity index (χ1n) is 7.03. The van der Waals surface area contributed by atoms with Crippen LogP contribution in [0.4, 0.5) is 5.69 Å². The Morgan fingerprint density at radius 1 is 1.00 bits per heavy atom. The third kappa shape index (κ3) is 2.76. The highest BCUT2D eigenvalue weighted by Crippen LogP contribution is 2.21. The van der Waals surface area contributed by atoms with Crippen molar-refractivity contribution in [2.24, 2.45) is 0 Å². The fraction of sp³-hybridized carbons (Fsp3) is 0.111. The Hall–Kier alpha value is -2.88. The van der Waals surface area contributed by atoms with Gasteiger partial charge in [-0.15, -0.1) is 0 Å². The highest BCUT2D eigenvalue weighted by atomic mass is 16.3. The molecule has 1 aromatic heterocycles. The van der Waals surface area contributed by atoms with Gasteiger partial charge >= 0.3 is 0 Å². The monoisotopic (exact) mass is 291 g/mol. The van der Waals surface area contributed by atoms with Gasteiger partial charge in [-0.1, -0.05) is 18.2 Å². The van der Waals surface area contributed by atoms with Crippen LogP contribution in [0.25, 0.3) is 22.7 Å². The summed E-state index contributed by atoms with van der Waals surface area (Å²) in [7, 11) is 3.97. The molecule has 0 saturated carbocycles. The number of anilines is 1. The molecule has 3 rings (SSSR count). The number of hydrogen-bond acceptors (Lipinski definition) is 4. The molecule has 3 aromatic rings. The number of hydrogen-bond donors (Lipinski definition) is 1. The molecule has 0 fully saturated rings. The van der Waals surface area contributed by atoms with Crippen molar-refractivity contribution in [3.05, 3.63) is 66.1 Å². The summed E-state index contributed by atoms with van der Waals surface area (Å²) in [5.74, 6) is 0.189. The smallest absolute Gasteiger partial charge is 0.124 e. The fourth-order valence-electron chi connectivity index (χ4n) is 2.28. The molecule has 0 spiro atoms. The van der Waals surface area contributed by atoms with E-state index >= 15 is 0 Å². The maximum absolute atomic E-state index is 10.4. The maximum atomic E-state index is 10.4. The van der Waals surface area contributed by atoms with E-state index in [9.17, 15) is 5.11 Å². The van der Waals surface area contributed by atoms with Gasteiger partial charge in [0.1, 0.15) is 12.1 Å². The Balaban J connectivity index is 1.99. The molecule has 2 aromatic carbocycles. The summed E-state index contributed by atoms with van der Waals surface area (Å²) in [5, 5.41) is 11.3. The lowest BCUT2D eigenvalue weighted by Crippen LogP contribution is -2.08. The molecule has 0 aliphatic heterocycles. The lowest BCUT2D eigenvalue weighted by molar-refractivity contribution is 0.515. The summed E-state index contributed by atoms with van der Waals surface area (Å²) >= 11 is 0. The molecule has 0 radical (unpaired) electrons. The summed E-state index contributed by atoms with van der Waals surface area (Å²) in [4.78, 5) is 10.5. The van der Waals surface area contributed by atoms with Crippen LogP contribution in [0.5, 0.6) is 0 Å². The summed E-state index contributed by atoms with van der Waals surface area (Å²) in [6.45, 7) is 0. The Morgan fingerprint density at radius 2 is 1.73 bits per heavy atom. The number of aliphatic hydroxyl groups is 1. The molecule has 0 bridgehead atoms. The second-order valence-electron chi connectivity index (χ2n) is 5.25. The van der Waals surface area contributed by atoms with E-state index in [0.29, 0.717) is 5.69 Å². The van der Waals surface area contributed by atoms with Gasteiger partial charge in [0.2, 0.25) is 0 Å². The van der Waals surface area contributed by atoms with Crippen molar-refractivity contribution in [1.29, 1.82) is 0 Å². The molecule has 0 amide bonds. The quantitative estimate of drug-likeness (QED) is 0.747. The highest BCUT2D eigenvalue weighted by Gasteiger charge is 2.04. The van der Waals surface area contributed by atoms with Crippen LogP contribution < -0.4 is 4.90 Å². The van der Waals surface area contributed by atoms with Crippen LogP contribution in [0.2, 0.25) is 0 Å². The number of rotatable bonds is 3. The average molecular weight is 291 g/mol. The maximum Gasteiger partial charge on any atom is 0.124 e. The Morgan fingerprint density at radius 3 is 2.45 bits per heavy atom. The normalized spacial score (nSPS) is 11.6. The van der Waals surface area contributed by atoms with Gasteiger partial charge in [-0.05, 0) is 30.3 Å². The lowest BCUT2D eigenvalue weighted by atomic mass is 10.1. The van der Waals surface area contributed by atoms with Crippen LogP contribution in [0.15, 0.2) is 54.9 Å². The van der Waals surface area contributed by atoms with Crippen molar-refractivity contribution in [2.75, 3.05) is 19.0 Å². The molecule has 1 N–H and O–H groups in total. The van der Waals surface area contributed by atoms with Gasteiger partial charge in [-0.3, -0.25) is 0 Å². The third-order valence-electron chi connectivity index (χ3n) is 3.53. The minimum atomic E-state index is 0.189. The first-order chi connectivity index (χ1) is 10.6. The van der Waals surface area contributed by atoms with Gasteiger partial charge in [0.25, 0.3) is 0 Å². The van der Waals surface area contributed by atoms with Crippen LogP contribution in [-0.2, 0) is 0 Å². The van der Waals surface area contributed by atoms with E-state index < -0.39 is 0 Å². The van der Waals surface area contributed by atoms with E-state index in [1.165, 1.54) is 6.33 Å². The van der Waals surface area contributed by atoms with E-state index in [1.807, 2.05) is 67.5 Å². The van der Waals surface area contributed by atoms with Crippen LogP contribution in [-0.4, -0.2) is 29.2 Å². The van der Waals surface area contributed by atoms with Crippen molar-refractivity contribution in [3.8, 4) is 0 Å². The zero-order valence-corrected chi connectivity index (χ0v) is 12.6. The topological polar surface area (TPSA) is 49.2 Å². The van der Waals surface area contributed by atoms with Crippen LogP contribution >= 0.6 is 0 Å². The van der Waals surface area contributed by atoms with Gasteiger partial charge in [0.05, 0.1) is 11.2 Å². The molecule has 22 heavy (non-hydrogen) atoms. The highest BCUT2D eigenvalue weighted by molar-refractivity contribution is 5.90. The third-order valence-corrected chi connectivity index (χ3v) is 3.53. The van der Waals surface area contributed by atoms with Crippen LogP contribution in [0.1, 0.15) is 11.3 Å². The Labute approximate surface area is 129 Å². The molecular weight excluding hydrogens is 274 g/mol. The number of fused-ring (bicyclic) bond motifs is 1. The van der Waals surface area contributed by atoms with Gasteiger partial charge in [0.15, 0.2) is 0 Å². The van der Waals surface area contributed by atoms with Crippen molar-refractivity contribution < 1.29 is 5.11 Å². The molecule has 4 heteroatoms. The first-order valence-corrected chi connectivity index (χ1v) is 7.03. The minimum absolute atomic E-state index is 0.189. The molecule has 4 nitrogen and oxygen atoms in total. The van der Waals surface area contributed by atoms with Crippen molar-refractivity contribution >= 4 is 28.4 Å². The predicted octanol–water partition coefficient (Wildman–Crippen LogP) is 3.75. The second-order valence-corrected chi connectivity index (χ2v) is 5.25. The lowest BCUT2D eigenvalue weighted by Gasteiger charge is -2.12. The van der Waals surface area contributed by atoms with Gasteiger partial charge in [0, 0.05) is 36.8 Å². The van der Waals surface area contributed by atoms with Gasteiger partial charge < -0.3 is 10.0 Å². The molecule has 0 atom stereocenters. The van der Waals surface area contributed by atoms with Crippen molar-refractivity contribution in [1.82, 2.24) is 9.97 Å². The molecule has 0 unspecified atom stereocenters. The van der Waals surface area contributed by atoms with Gasteiger partial charge in [-0.25, -0.2) is 9.97 Å². The molecular formula is C18H17N3O. The van der Waals surface area contributed by atoms with Crippen LogP contribution in [0, 0.1) is 0 Å². The SMILES string of the molecule is CN(C)c1ccc(C(O)=Cc2ncnc3ccccc23)cc1. The fourth-order valence-corrected chi connectivity index (χ4v) is 2.28. The van der Waals surface area contributed by atoms with E-state index in [-0.39, 0.29) is 5.76 Å². The standard InChI is InChI=1S/C18H17N3O/c1-21(2)14-9-7-13(8-10-14)18(22)11-17-15-5-3-4-6-16(15)19-12-20-17/h3-12,22H,1-2H3. The second kappa shape index (κ2) is 5.85. The van der Waals surface area contributed by atoms with Crippen molar-refractivity contribution in [2.45, 2.75) is 0 Å². The largest absolute Gasteiger partial charge is 0.507 e. The summed E-state index contributed by atoms with van der Waals surface area (Å²) in [6.07, 6.45) is 3.19.